The highest BCUT2D eigenvalue weighted by atomic mass is 35.5. The summed E-state index contributed by atoms with van der Waals surface area (Å²) in [5, 5.41) is 4.46. The Balaban J connectivity index is 1.84. The van der Waals surface area contributed by atoms with Crippen LogP contribution in [0.15, 0.2) is 71.7 Å². The highest BCUT2D eigenvalue weighted by Crippen LogP contribution is 2.37. The lowest BCUT2D eigenvalue weighted by atomic mass is 9.97. The van der Waals surface area contributed by atoms with Crippen LogP contribution >= 0.6 is 11.6 Å². The molecule has 4 rings (SSSR count). The molecule has 1 aliphatic rings. The molecule has 0 radical (unpaired) electrons. The molecule has 3 aromatic rings. The SMILES string of the molecule is Cc1cc2c(cc1C)N[C@H](c1ccccc1)CC(c1ccc(Cl)cc1)=N2. The second-order valence-corrected chi connectivity index (χ2v) is 7.27. The molecule has 1 atom stereocenters. The number of rotatable bonds is 2. The topological polar surface area (TPSA) is 24.4 Å². The quantitative estimate of drug-likeness (QED) is 0.544. The zero-order valence-corrected chi connectivity index (χ0v) is 15.7. The molecule has 0 saturated heterocycles. The zero-order valence-electron chi connectivity index (χ0n) is 15.0. The second kappa shape index (κ2) is 6.97. The van der Waals surface area contributed by atoms with Crippen molar-refractivity contribution < 1.29 is 0 Å². The van der Waals surface area contributed by atoms with Crippen molar-refractivity contribution in [2.75, 3.05) is 5.32 Å². The molecule has 3 aromatic carbocycles. The van der Waals surface area contributed by atoms with Gasteiger partial charge < -0.3 is 5.32 Å². The van der Waals surface area contributed by atoms with Crippen LogP contribution in [-0.4, -0.2) is 5.71 Å². The Morgan fingerprint density at radius 1 is 0.923 bits per heavy atom. The minimum atomic E-state index is 0.175. The summed E-state index contributed by atoms with van der Waals surface area (Å²) in [6.07, 6.45) is 0.818. The zero-order chi connectivity index (χ0) is 18.1. The van der Waals surface area contributed by atoms with Gasteiger partial charge in [0.15, 0.2) is 0 Å². The number of hydrogen-bond donors (Lipinski definition) is 1. The van der Waals surface area contributed by atoms with Crippen LogP contribution in [0.25, 0.3) is 0 Å². The first kappa shape index (κ1) is 16.9. The van der Waals surface area contributed by atoms with Gasteiger partial charge in [-0.05, 0) is 60.4 Å². The normalized spacial score (nSPS) is 16.3. The predicted molar refractivity (Wildman–Crippen MR) is 111 cm³/mol. The van der Waals surface area contributed by atoms with E-state index in [0.29, 0.717) is 0 Å². The largest absolute Gasteiger partial charge is 0.376 e. The maximum absolute atomic E-state index is 6.07. The Hall–Kier alpha value is -2.58. The number of anilines is 1. The van der Waals surface area contributed by atoms with Crippen LogP contribution in [-0.2, 0) is 0 Å². The number of hydrogen-bond acceptors (Lipinski definition) is 2. The first-order chi connectivity index (χ1) is 12.6. The summed E-state index contributed by atoms with van der Waals surface area (Å²) in [6, 6.07) is 23.1. The summed E-state index contributed by atoms with van der Waals surface area (Å²) < 4.78 is 0. The molecule has 0 spiro atoms. The van der Waals surface area contributed by atoms with E-state index in [1.54, 1.807) is 0 Å². The Bertz CT molecular complexity index is 960. The van der Waals surface area contributed by atoms with E-state index in [-0.39, 0.29) is 6.04 Å². The lowest BCUT2D eigenvalue weighted by Crippen LogP contribution is -2.14. The Morgan fingerprint density at radius 2 is 1.62 bits per heavy atom. The maximum atomic E-state index is 6.07. The molecule has 3 heteroatoms. The van der Waals surface area contributed by atoms with Crippen molar-refractivity contribution >= 4 is 28.7 Å². The maximum Gasteiger partial charge on any atom is 0.0867 e. The van der Waals surface area contributed by atoms with Gasteiger partial charge in [0.05, 0.1) is 23.1 Å². The van der Waals surface area contributed by atoms with E-state index < -0.39 is 0 Å². The van der Waals surface area contributed by atoms with Crippen molar-refractivity contribution in [3.8, 4) is 0 Å². The predicted octanol–water partition coefficient (Wildman–Crippen LogP) is 6.63. The molecule has 26 heavy (non-hydrogen) atoms. The third-order valence-corrected chi connectivity index (χ3v) is 5.23. The van der Waals surface area contributed by atoms with Crippen molar-refractivity contribution in [2.45, 2.75) is 26.3 Å². The number of halogens is 1. The Kier molecular flexibility index (Phi) is 4.52. The molecular weight excluding hydrogens is 340 g/mol. The van der Waals surface area contributed by atoms with Crippen molar-refractivity contribution in [1.29, 1.82) is 0 Å². The Labute approximate surface area is 159 Å². The van der Waals surface area contributed by atoms with Gasteiger partial charge in [0, 0.05) is 11.4 Å². The average molecular weight is 361 g/mol. The third-order valence-electron chi connectivity index (χ3n) is 4.97. The van der Waals surface area contributed by atoms with Crippen LogP contribution in [0.5, 0.6) is 0 Å². The minimum absolute atomic E-state index is 0.175. The van der Waals surface area contributed by atoms with E-state index in [4.69, 9.17) is 16.6 Å². The summed E-state index contributed by atoms with van der Waals surface area (Å²) in [5.41, 5.74) is 8.06. The van der Waals surface area contributed by atoms with E-state index >= 15 is 0 Å². The van der Waals surface area contributed by atoms with Gasteiger partial charge >= 0.3 is 0 Å². The molecule has 0 bridgehead atoms. The van der Waals surface area contributed by atoms with Gasteiger partial charge in [0.2, 0.25) is 0 Å². The highest BCUT2D eigenvalue weighted by molar-refractivity contribution is 6.30. The molecule has 0 amide bonds. The summed E-state index contributed by atoms with van der Waals surface area (Å²) >= 11 is 6.07. The Morgan fingerprint density at radius 3 is 2.35 bits per heavy atom. The lowest BCUT2D eigenvalue weighted by Gasteiger charge is -2.20. The van der Waals surface area contributed by atoms with Crippen LogP contribution in [0.2, 0.25) is 5.02 Å². The van der Waals surface area contributed by atoms with Crippen molar-refractivity contribution in [2.24, 2.45) is 4.99 Å². The summed E-state index contributed by atoms with van der Waals surface area (Å²) in [6.45, 7) is 4.27. The van der Waals surface area contributed by atoms with E-state index in [9.17, 15) is 0 Å². The smallest absolute Gasteiger partial charge is 0.0867 e. The fraction of sp³-hybridized carbons (Fsp3) is 0.174. The monoisotopic (exact) mass is 360 g/mol. The first-order valence-corrected chi connectivity index (χ1v) is 9.24. The van der Waals surface area contributed by atoms with Gasteiger partial charge in [-0.1, -0.05) is 54.1 Å². The van der Waals surface area contributed by atoms with Gasteiger partial charge in [0.1, 0.15) is 0 Å². The van der Waals surface area contributed by atoms with E-state index in [2.05, 4.69) is 73.8 Å². The highest BCUT2D eigenvalue weighted by Gasteiger charge is 2.21. The molecule has 0 aliphatic carbocycles. The number of nitrogens with one attached hydrogen (secondary N) is 1. The van der Waals surface area contributed by atoms with E-state index in [1.807, 2.05) is 12.1 Å². The van der Waals surface area contributed by atoms with Crippen LogP contribution in [0, 0.1) is 13.8 Å². The summed E-state index contributed by atoms with van der Waals surface area (Å²) in [4.78, 5) is 5.03. The average Bonchev–Trinajstić information content (AvgIpc) is 2.83. The molecule has 130 valence electrons. The van der Waals surface area contributed by atoms with Gasteiger partial charge in [-0.25, -0.2) is 0 Å². The van der Waals surface area contributed by atoms with Crippen LogP contribution in [0.3, 0.4) is 0 Å². The van der Waals surface area contributed by atoms with Gasteiger partial charge in [-0.15, -0.1) is 0 Å². The van der Waals surface area contributed by atoms with E-state index in [1.165, 1.54) is 16.7 Å². The molecule has 0 unspecified atom stereocenters. The minimum Gasteiger partial charge on any atom is -0.376 e. The van der Waals surface area contributed by atoms with Gasteiger partial charge in [0.25, 0.3) is 0 Å². The van der Waals surface area contributed by atoms with Crippen molar-refractivity contribution in [3.63, 3.8) is 0 Å². The summed E-state index contributed by atoms with van der Waals surface area (Å²) in [5.74, 6) is 0. The number of aliphatic imine (C=N–C) groups is 1. The number of nitrogens with zero attached hydrogens (tertiary/aromatic N) is 1. The summed E-state index contributed by atoms with van der Waals surface area (Å²) in [7, 11) is 0. The lowest BCUT2D eigenvalue weighted by molar-refractivity contribution is 0.828. The first-order valence-electron chi connectivity index (χ1n) is 8.86. The molecule has 1 N–H and O–H groups in total. The molecule has 1 aliphatic heterocycles. The van der Waals surface area contributed by atoms with Gasteiger partial charge in [-0.2, -0.15) is 0 Å². The van der Waals surface area contributed by atoms with Gasteiger partial charge in [-0.3, -0.25) is 4.99 Å². The van der Waals surface area contributed by atoms with Crippen molar-refractivity contribution in [3.05, 3.63) is 94.0 Å². The van der Waals surface area contributed by atoms with Crippen LogP contribution < -0.4 is 5.32 Å². The molecule has 2 nitrogen and oxygen atoms in total. The third kappa shape index (κ3) is 3.38. The molecule has 0 aromatic heterocycles. The molecule has 0 saturated carbocycles. The molecular formula is C23H21ClN2. The van der Waals surface area contributed by atoms with Crippen molar-refractivity contribution in [1.82, 2.24) is 0 Å². The standard InChI is InChI=1S/C23H21ClN2/c1-15-12-22-23(13-16(15)2)26-21(18-8-10-19(24)11-9-18)14-20(25-22)17-6-4-3-5-7-17/h3-13,20,25H,14H2,1-2H3/t20-/m0/s1. The number of aryl methyl sites for hydroxylation is 2. The molecule has 0 fully saturated rings. The fourth-order valence-electron chi connectivity index (χ4n) is 3.34. The number of fused-ring (bicyclic) bond motifs is 1. The van der Waals surface area contributed by atoms with E-state index in [0.717, 1.165) is 34.1 Å². The molecule has 1 heterocycles. The van der Waals surface area contributed by atoms with Crippen LogP contribution in [0.4, 0.5) is 11.4 Å². The van der Waals surface area contributed by atoms with Crippen LogP contribution in [0.1, 0.15) is 34.7 Å². The fourth-order valence-corrected chi connectivity index (χ4v) is 3.47. The second-order valence-electron chi connectivity index (χ2n) is 6.83. The number of benzene rings is 3.